The number of rotatable bonds is 3. The summed E-state index contributed by atoms with van der Waals surface area (Å²) in [5, 5.41) is 7.16. The quantitative estimate of drug-likeness (QED) is 0.810. The number of thioether (sulfide) groups is 1. The van der Waals surface area contributed by atoms with E-state index in [9.17, 15) is 18.0 Å². The molecule has 1 aromatic carbocycles. The standard InChI is InChI=1S/C19H21F3N4O2S/c1-28-13-4-2-12(3-5-13)14-10-16(19(20,21)22)26-17(23-14)11-15(24-26)18(27)25-6-8-29-9-7-25/h2-5,11,14,16,23H,6-10H2,1H3/t14-,16+/m1/s1. The fourth-order valence-electron chi connectivity index (χ4n) is 3.66. The molecule has 0 bridgehead atoms. The number of ether oxygens (including phenoxy) is 1. The van der Waals surface area contributed by atoms with Crippen molar-refractivity contribution in [1.82, 2.24) is 14.7 Å². The van der Waals surface area contributed by atoms with Crippen LogP contribution in [0.5, 0.6) is 5.75 Å². The van der Waals surface area contributed by atoms with E-state index in [0.29, 0.717) is 24.4 Å². The summed E-state index contributed by atoms with van der Waals surface area (Å²) in [6, 6.07) is 6.00. The number of nitrogens with zero attached hydrogens (tertiary/aromatic N) is 3. The van der Waals surface area contributed by atoms with Crippen LogP contribution in [0.1, 0.15) is 34.6 Å². The van der Waals surface area contributed by atoms with Crippen LogP contribution in [0.2, 0.25) is 0 Å². The Labute approximate surface area is 170 Å². The van der Waals surface area contributed by atoms with E-state index in [1.807, 2.05) is 0 Å². The second-order valence-electron chi connectivity index (χ2n) is 7.03. The fourth-order valence-corrected chi connectivity index (χ4v) is 4.56. The average Bonchev–Trinajstić information content (AvgIpc) is 3.16. The molecule has 1 saturated heterocycles. The molecule has 1 amide bonds. The van der Waals surface area contributed by atoms with Gasteiger partial charge >= 0.3 is 6.18 Å². The van der Waals surface area contributed by atoms with E-state index in [0.717, 1.165) is 16.2 Å². The highest BCUT2D eigenvalue weighted by Gasteiger charge is 2.47. The van der Waals surface area contributed by atoms with Crippen molar-refractivity contribution in [2.24, 2.45) is 0 Å². The van der Waals surface area contributed by atoms with E-state index in [4.69, 9.17) is 4.74 Å². The molecule has 0 spiro atoms. The monoisotopic (exact) mass is 426 g/mol. The first kappa shape index (κ1) is 19.9. The van der Waals surface area contributed by atoms with Gasteiger partial charge in [0, 0.05) is 37.1 Å². The van der Waals surface area contributed by atoms with Crippen LogP contribution in [0.25, 0.3) is 0 Å². The summed E-state index contributed by atoms with van der Waals surface area (Å²) in [5.74, 6) is 2.16. The first-order valence-corrected chi connectivity index (χ1v) is 10.5. The van der Waals surface area contributed by atoms with Crippen LogP contribution in [0, 0.1) is 0 Å². The number of benzene rings is 1. The van der Waals surface area contributed by atoms with Crippen molar-refractivity contribution in [2.75, 3.05) is 37.0 Å². The molecular formula is C19H21F3N4O2S. The Hall–Kier alpha value is -2.36. The number of halogens is 3. The van der Waals surface area contributed by atoms with E-state index in [1.165, 1.54) is 13.2 Å². The van der Waals surface area contributed by atoms with E-state index in [1.54, 1.807) is 40.9 Å². The summed E-state index contributed by atoms with van der Waals surface area (Å²) < 4.78 is 47.4. The van der Waals surface area contributed by atoms with Gasteiger partial charge in [-0.05, 0) is 17.7 Å². The fraction of sp³-hybridized carbons (Fsp3) is 0.474. The lowest BCUT2D eigenvalue weighted by Gasteiger charge is -2.33. The van der Waals surface area contributed by atoms with Crippen molar-refractivity contribution in [2.45, 2.75) is 24.7 Å². The summed E-state index contributed by atoms with van der Waals surface area (Å²) in [4.78, 5) is 14.4. The van der Waals surface area contributed by atoms with Gasteiger partial charge in [0.15, 0.2) is 11.7 Å². The maximum atomic E-state index is 13.8. The van der Waals surface area contributed by atoms with E-state index in [-0.39, 0.29) is 23.8 Å². The van der Waals surface area contributed by atoms with Crippen LogP contribution in [0.4, 0.5) is 19.0 Å². The van der Waals surface area contributed by atoms with Crippen molar-refractivity contribution < 1.29 is 22.7 Å². The number of aromatic nitrogens is 2. The van der Waals surface area contributed by atoms with Gasteiger partial charge in [-0.2, -0.15) is 30.0 Å². The van der Waals surface area contributed by atoms with Crippen LogP contribution < -0.4 is 10.1 Å². The largest absolute Gasteiger partial charge is 0.497 e. The maximum absolute atomic E-state index is 13.8. The third kappa shape index (κ3) is 4.03. The lowest BCUT2D eigenvalue weighted by molar-refractivity contribution is -0.173. The van der Waals surface area contributed by atoms with Crippen LogP contribution in [0.3, 0.4) is 0 Å². The van der Waals surface area contributed by atoms with Gasteiger partial charge in [-0.25, -0.2) is 4.68 Å². The number of nitrogens with one attached hydrogen (secondary N) is 1. The van der Waals surface area contributed by atoms with Crippen molar-refractivity contribution in [1.29, 1.82) is 0 Å². The van der Waals surface area contributed by atoms with Crippen molar-refractivity contribution >= 4 is 23.5 Å². The highest BCUT2D eigenvalue weighted by molar-refractivity contribution is 7.99. The number of methoxy groups -OCH3 is 1. The second-order valence-corrected chi connectivity index (χ2v) is 8.25. The minimum absolute atomic E-state index is 0.0454. The van der Waals surface area contributed by atoms with Crippen LogP contribution in [-0.2, 0) is 0 Å². The molecule has 10 heteroatoms. The topological polar surface area (TPSA) is 59.4 Å². The summed E-state index contributed by atoms with van der Waals surface area (Å²) in [5.41, 5.74) is 0.762. The molecule has 0 saturated carbocycles. The Balaban J connectivity index is 1.64. The van der Waals surface area contributed by atoms with Gasteiger partial charge in [0.25, 0.3) is 5.91 Å². The summed E-state index contributed by atoms with van der Waals surface area (Å²) in [6.07, 6.45) is -4.69. The molecule has 2 aromatic rings. The number of carbonyl (C=O) groups excluding carboxylic acids is 1. The molecule has 29 heavy (non-hydrogen) atoms. The molecule has 1 N–H and O–H groups in total. The summed E-state index contributed by atoms with van der Waals surface area (Å²) in [7, 11) is 1.53. The first-order valence-electron chi connectivity index (χ1n) is 9.30. The number of alkyl halides is 3. The molecule has 6 nitrogen and oxygen atoms in total. The SMILES string of the molecule is COc1ccc([C@H]2C[C@@H](C(F)(F)F)n3nc(C(=O)N4CCSCC4)cc3N2)cc1. The number of hydrogen-bond donors (Lipinski definition) is 1. The molecule has 0 unspecified atom stereocenters. The molecular weight excluding hydrogens is 405 g/mol. The maximum Gasteiger partial charge on any atom is 0.410 e. The molecule has 2 aliphatic heterocycles. The number of fused-ring (bicyclic) bond motifs is 1. The minimum Gasteiger partial charge on any atom is -0.497 e. The van der Waals surface area contributed by atoms with Gasteiger partial charge in [0.2, 0.25) is 0 Å². The Kier molecular flexibility index (Phi) is 5.37. The third-order valence-electron chi connectivity index (χ3n) is 5.23. The average molecular weight is 426 g/mol. The highest BCUT2D eigenvalue weighted by atomic mass is 32.2. The lowest BCUT2D eigenvalue weighted by atomic mass is 9.97. The van der Waals surface area contributed by atoms with E-state index in [2.05, 4.69) is 10.4 Å². The first-order chi connectivity index (χ1) is 13.9. The Morgan fingerprint density at radius 3 is 2.55 bits per heavy atom. The molecule has 1 fully saturated rings. The van der Waals surface area contributed by atoms with Gasteiger partial charge < -0.3 is 15.0 Å². The van der Waals surface area contributed by atoms with Crippen LogP contribution in [0.15, 0.2) is 30.3 Å². The van der Waals surface area contributed by atoms with Gasteiger partial charge in [-0.15, -0.1) is 0 Å². The molecule has 0 aliphatic carbocycles. The zero-order chi connectivity index (χ0) is 20.6. The van der Waals surface area contributed by atoms with Crippen molar-refractivity contribution in [3.8, 4) is 5.75 Å². The van der Waals surface area contributed by atoms with E-state index >= 15 is 0 Å². The number of carbonyl (C=O) groups is 1. The Bertz CT molecular complexity index is 879. The zero-order valence-corrected chi connectivity index (χ0v) is 16.6. The smallest absolute Gasteiger partial charge is 0.410 e. The minimum atomic E-state index is -4.48. The van der Waals surface area contributed by atoms with Gasteiger partial charge in [0.1, 0.15) is 11.6 Å². The van der Waals surface area contributed by atoms with Crippen LogP contribution in [-0.4, -0.2) is 58.5 Å². The van der Waals surface area contributed by atoms with Gasteiger partial charge in [-0.3, -0.25) is 4.79 Å². The molecule has 0 radical (unpaired) electrons. The molecule has 4 rings (SSSR count). The molecule has 2 aliphatic rings. The lowest BCUT2D eigenvalue weighted by Crippen LogP contribution is -2.38. The number of amides is 1. The summed E-state index contributed by atoms with van der Waals surface area (Å²) in [6.45, 7) is 1.16. The molecule has 2 atom stereocenters. The van der Waals surface area contributed by atoms with Gasteiger partial charge in [0.05, 0.1) is 13.2 Å². The highest BCUT2D eigenvalue weighted by Crippen LogP contribution is 2.43. The van der Waals surface area contributed by atoms with Crippen molar-refractivity contribution in [3.05, 3.63) is 41.6 Å². The molecule has 156 valence electrons. The number of anilines is 1. The third-order valence-corrected chi connectivity index (χ3v) is 6.17. The normalized spacial score (nSPS) is 22.0. The Morgan fingerprint density at radius 2 is 1.93 bits per heavy atom. The molecule has 1 aromatic heterocycles. The van der Waals surface area contributed by atoms with E-state index < -0.39 is 18.3 Å². The Morgan fingerprint density at radius 1 is 1.24 bits per heavy atom. The summed E-state index contributed by atoms with van der Waals surface area (Å²) >= 11 is 1.75. The zero-order valence-electron chi connectivity index (χ0n) is 15.8. The predicted octanol–water partition coefficient (Wildman–Crippen LogP) is 3.74. The van der Waals surface area contributed by atoms with Crippen LogP contribution >= 0.6 is 11.8 Å². The van der Waals surface area contributed by atoms with Gasteiger partial charge in [-0.1, -0.05) is 12.1 Å². The van der Waals surface area contributed by atoms with Crippen molar-refractivity contribution in [3.63, 3.8) is 0 Å². The molecule has 3 heterocycles. The number of hydrogen-bond acceptors (Lipinski definition) is 5. The second kappa shape index (κ2) is 7.81. The predicted molar refractivity (Wildman–Crippen MR) is 105 cm³/mol.